The molecule has 1 atom stereocenters. The van der Waals surface area contributed by atoms with Crippen LogP contribution in [0.1, 0.15) is 20.3 Å². The molecular weight excluding hydrogens is 114 g/mol. The molecule has 0 aromatic rings. The third kappa shape index (κ3) is 4.43. The van der Waals surface area contributed by atoms with Gasteiger partial charge in [-0.25, -0.2) is 0 Å². The molecule has 2 N–H and O–H groups in total. The second-order valence-electron chi connectivity index (χ2n) is 2.72. The molecule has 2 nitrogen and oxygen atoms in total. The van der Waals surface area contributed by atoms with Crippen LogP contribution in [-0.4, -0.2) is 19.8 Å². The summed E-state index contributed by atoms with van der Waals surface area (Å²) in [5.41, 5.74) is 5.41. The van der Waals surface area contributed by atoms with Gasteiger partial charge in [0.05, 0.1) is 6.10 Å². The fraction of sp³-hybridized carbons (Fsp3) is 1.00. The van der Waals surface area contributed by atoms with E-state index >= 15 is 0 Å². The Morgan fingerprint density at radius 1 is 1.44 bits per heavy atom. The first-order valence-corrected chi connectivity index (χ1v) is 3.43. The van der Waals surface area contributed by atoms with Crippen molar-refractivity contribution in [2.24, 2.45) is 11.7 Å². The highest BCUT2D eigenvalue weighted by atomic mass is 16.5. The van der Waals surface area contributed by atoms with Crippen LogP contribution in [0.15, 0.2) is 0 Å². The predicted molar refractivity (Wildman–Crippen MR) is 39.3 cm³/mol. The highest BCUT2D eigenvalue weighted by Crippen LogP contribution is 2.05. The van der Waals surface area contributed by atoms with Gasteiger partial charge in [-0.15, -0.1) is 0 Å². The maximum Gasteiger partial charge on any atom is 0.0695 e. The summed E-state index contributed by atoms with van der Waals surface area (Å²) in [6, 6.07) is 0. The molecule has 0 spiro atoms. The summed E-state index contributed by atoms with van der Waals surface area (Å²) in [7, 11) is 1.71. The molecule has 0 aliphatic rings. The van der Waals surface area contributed by atoms with Crippen LogP contribution < -0.4 is 5.73 Å². The minimum absolute atomic E-state index is 0.255. The fourth-order valence-corrected chi connectivity index (χ4v) is 0.814. The molecule has 56 valence electrons. The summed E-state index contributed by atoms with van der Waals surface area (Å²) in [5, 5.41) is 0. The molecule has 0 rings (SSSR count). The van der Waals surface area contributed by atoms with Crippen LogP contribution in [0, 0.1) is 5.92 Å². The largest absolute Gasteiger partial charge is 0.380 e. The highest BCUT2D eigenvalue weighted by Gasteiger charge is 2.05. The van der Waals surface area contributed by atoms with Crippen LogP contribution in [0.4, 0.5) is 0 Å². The number of ether oxygens (including phenoxy) is 1. The summed E-state index contributed by atoms with van der Waals surface area (Å²) in [6.07, 6.45) is 1.32. The Bertz CT molecular complexity index is 59.9. The zero-order valence-electron chi connectivity index (χ0n) is 6.55. The summed E-state index contributed by atoms with van der Waals surface area (Å²) >= 11 is 0. The van der Waals surface area contributed by atoms with E-state index in [1.54, 1.807) is 7.11 Å². The minimum Gasteiger partial charge on any atom is -0.380 e. The molecule has 0 bridgehead atoms. The number of nitrogens with two attached hydrogens (primary N) is 1. The number of methoxy groups -OCH3 is 1. The van der Waals surface area contributed by atoms with Crippen LogP contribution in [-0.2, 0) is 4.74 Å². The van der Waals surface area contributed by atoms with E-state index in [1.165, 1.54) is 0 Å². The SMILES string of the molecule is CO[C@@H](CN)CC(C)C. The van der Waals surface area contributed by atoms with E-state index in [2.05, 4.69) is 13.8 Å². The van der Waals surface area contributed by atoms with Crippen LogP contribution in [0.3, 0.4) is 0 Å². The lowest BCUT2D eigenvalue weighted by Crippen LogP contribution is -2.23. The molecule has 0 aromatic carbocycles. The molecule has 0 heterocycles. The Balaban J connectivity index is 3.31. The molecule has 0 fully saturated rings. The van der Waals surface area contributed by atoms with Gasteiger partial charge >= 0.3 is 0 Å². The molecule has 0 saturated heterocycles. The van der Waals surface area contributed by atoms with Gasteiger partial charge < -0.3 is 10.5 Å². The molecule has 0 radical (unpaired) electrons. The van der Waals surface area contributed by atoms with Crippen LogP contribution in [0.5, 0.6) is 0 Å². The smallest absolute Gasteiger partial charge is 0.0695 e. The normalized spacial score (nSPS) is 14.3. The van der Waals surface area contributed by atoms with Crippen molar-refractivity contribution in [2.45, 2.75) is 26.4 Å². The fourth-order valence-electron chi connectivity index (χ4n) is 0.814. The molecule has 2 heteroatoms. The third-order valence-electron chi connectivity index (χ3n) is 1.33. The lowest BCUT2D eigenvalue weighted by atomic mass is 10.1. The maximum atomic E-state index is 5.41. The van der Waals surface area contributed by atoms with Crippen molar-refractivity contribution < 1.29 is 4.74 Å². The predicted octanol–water partition coefficient (Wildman–Crippen LogP) is 1.01. The van der Waals surface area contributed by atoms with Crippen molar-refractivity contribution in [3.63, 3.8) is 0 Å². The zero-order chi connectivity index (χ0) is 7.28. The van der Waals surface area contributed by atoms with Gasteiger partial charge in [-0.2, -0.15) is 0 Å². The molecule has 0 aliphatic heterocycles. The lowest BCUT2D eigenvalue weighted by Gasteiger charge is -2.14. The van der Waals surface area contributed by atoms with Gasteiger partial charge in [-0.05, 0) is 12.3 Å². The van der Waals surface area contributed by atoms with Crippen LogP contribution in [0.2, 0.25) is 0 Å². The van der Waals surface area contributed by atoms with Gasteiger partial charge in [0, 0.05) is 13.7 Å². The molecule has 0 saturated carbocycles. The topological polar surface area (TPSA) is 35.2 Å². The summed E-state index contributed by atoms with van der Waals surface area (Å²) in [4.78, 5) is 0. The molecule has 0 amide bonds. The molecule has 0 aliphatic carbocycles. The Kier molecular flexibility index (Phi) is 4.72. The van der Waals surface area contributed by atoms with Gasteiger partial charge in [0.2, 0.25) is 0 Å². The van der Waals surface area contributed by atoms with Gasteiger partial charge in [0.25, 0.3) is 0 Å². The van der Waals surface area contributed by atoms with E-state index in [9.17, 15) is 0 Å². The van der Waals surface area contributed by atoms with E-state index in [0.29, 0.717) is 12.5 Å². The van der Waals surface area contributed by atoms with Gasteiger partial charge in [-0.1, -0.05) is 13.8 Å². The first-order chi connectivity index (χ1) is 4.20. The van der Waals surface area contributed by atoms with Crippen molar-refractivity contribution in [2.75, 3.05) is 13.7 Å². The first kappa shape index (κ1) is 8.92. The first-order valence-electron chi connectivity index (χ1n) is 3.43. The van der Waals surface area contributed by atoms with Gasteiger partial charge in [-0.3, -0.25) is 0 Å². The van der Waals surface area contributed by atoms with Crippen molar-refractivity contribution in [3.05, 3.63) is 0 Å². The Hall–Kier alpha value is -0.0800. The maximum absolute atomic E-state index is 5.41. The van der Waals surface area contributed by atoms with E-state index in [1.807, 2.05) is 0 Å². The average molecular weight is 131 g/mol. The quantitative estimate of drug-likeness (QED) is 0.618. The average Bonchev–Trinajstić information content (AvgIpc) is 1.82. The van der Waals surface area contributed by atoms with Gasteiger partial charge in [0.15, 0.2) is 0 Å². The Morgan fingerprint density at radius 3 is 2.11 bits per heavy atom. The van der Waals surface area contributed by atoms with E-state index in [-0.39, 0.29) is 6.10 Å². The van der Waals surface area contributed by atoms with Gasteiger partial charge in [0.1, 0.15) is 0 Å². The number of rotatable bonds is 4. The molecular formula is C7H17NO. The van der Waals surface area contributed by atoms with Crippen LogP contribution in [0.25, 0.3) is 0 Å². The Labute approximate surface area is 57.4 Å². The second kappa shape index (κ2) is 4.77. The Morgan fingerprint density at radius 2 is 2.00 bits per heavy atom. The summed E-state index contributed by atoms with van der Waals surface area (Å²) < 4.78 is 5.09. The highest BCUT2D eigenvalue weighted by molar-refractivity contribution is 4.59. The lowest BCUT2D eigenvalue weighted by molar-refractivity contribution is 0.0913. The van der Waals surface area contributed by atoms with Crippen LogP contribution >= 0.6 is 0 Å². The monoisotopic (exact) mass is 131 g/mol. The molecule has 0 unspecified atom stereocenters. The number of hydrogen-bond donors (Lipinski definition) is 1. The van der Waals surface area contributed by atoms with Crippen molar-refractivity contribution in [1.29, 1.82) is 0 Å². The van der Waals surface area contributed by atoms with E-state index < -0.39 is 0 Å². The van der Waals surface area contributed by atoms with Crippen molar-refractivity contribution in [3.8, 4) is 0 Å². The summed E-state index contributed by atoms with van der Waals surface area (Å²) in [6.45, 7) is 4.97. The second-order valence-corrected chi connectivity index (χ2v) is 2.72. The van der Waals surface area contributed by atoms with Crippen molar-refractivity contribution >= 4 is 0 Å². The summed E-state index contributed by atoms with van der Waals surface area (Å²) in [5.74, 6) is 0.679. The zero-order valence-corrected chi connectivity index (χ0v) is 6.55. The minimum atomic E-state index is 0.255. The molecule has 0 aromatic heterocycles. The van der Waals surface area contributed by atoms with E-state index in [0.717, 1.165) is 6.42 Å². The number of hydrogen-bond acceptors (Lipinski definition) is 2. The van der Waals surface area contributed by atoms with E-state index in [4.69, 9.17) is 10.5 Å². The third-order valence-corrected chi connectivity index (χ3v) is 1.33. The van der Waals surface area contributed by atoms with Crippen molar-refractivity contribution in [1.82, 2.24) is 0 Å². The standard InChI is InChI=1S/C7H17NO/c1-6(2)4-7(5-8)9-3/h6-7H,4-5,8H2,1-3H3/t7-/m1/s1. The molecule has 9 heavy (non-hydrogen) atoms.